The summed E-state index contributed by atoms with van der Waals surface area (Å²) in [5.74, 6) is 0.896. The quantitative estimate of drug-likeness (QED) is 0.923. The SMILES string of the molecule is CCOC1(c2noc(-c3ccc(C#N)[nH]3)n2)CCOCC1. The van der Waals surface area contributed by atoms with Gasteiger partial charge in [-0.2, -0.15) is 10.2 Å². The van der Waals surface area contributed by atoms with Crippen molar-refractivity contribution in [3.05, 3.63) is 23.7 Å². The first-order chi connectivity index (χ1) is 10.3. The Morgan fingerprint density at radius 2 is 2.24 bits per heavy atom. The fraction of sp³-hybridized carbons (Fsp3) is 0.500. The molecule has 0 bridgehead atoms. The summed E-state index contributed by atoms with van der Waals surface area (Å²) >= 11 is 0. The highest BCUT2D eigenvalue weighted by Gasteiger charge is 2.40. The standard InChI is InChI=1S/C14H16N4O3/c1-2-20-14(5-7-19-8-6-14)13-17-12(21-18-13)11-4-3-10(9-15)16-11/h3-4,16H,2,5-8H2,1H3. The maximum atomic E-state index is 8.84. The molecule has 0 aliphatic carbocycles. The lowest BCUT2D eigenvalue weighted by Gasteiger charge is -2.33. The highest BCUT2D eigenvalue weighted by molar-refractivity contribution is 5.49. The van der Waals surface area contributed by atoms with Crippen LogP contribution in [0.25, 0.3) is 11.6 Å². The third-order valence-electron chi connectivity index (χ3n) is 3.59. The van der Waals surface area contributed by atoms with Gasteiger partial charge >= 0.3 is 0 Å². The van der Waals surface area contributed by atoms with E-state index in [0.29, 0.717) is 55.8 Å². The molecular formula is C14H16N4O3. The molecule has 0 atom stereocenters. The molecule has 0 unspecified atom stereocenters. The van der Waals surface area contributed by atoms with Crippen molar-refractivity contribution in [3.8, 4) is 17.7 Å². The van der Waals surface area contributed by atoms with Crippen molar-refractivity contribution in [1.29, 1.82) is 5.26 Å². The number of hydrogen-bond acceptors (Lipinski definition) is 6. The number of hydrogen-bond donors (Lipinski definition) is 1. The van der Waals surface area contributed by atoms with E-state index in [2.05, 4.69) is 15.1 Å². The molecule has 0 radical (unpaired) electrons. The van der Waals surface area contributed by atoms with Crippen LogP contribution >= 0.6 is 0 Å². The molecular weight excluding hydrogens is 272 g/mol. The average Bonchev–Trinajstić information content (AvgIpc) is 3.17. The van der Waals surface area contributed by atoms with Crippen molar-refractivity contribution in [1.82, 2.24) is 15.1 Å². The minimum absolute atomic E-state index is 0.358. The summed E-state index contributed by atoms with van der Waals surface area (Å²) in [5.41, 5.74) is 0.540. The zero-order valence-electron chi connectivity index (χ0n) is 11.8. The molecule has 0 aromatic carbocycles. The molecule has 21 heavy (non-hydrogen) atoms. The van der Waals surface area contributed by atoms with E-state index in [-0.39, 0.29) is 0 Å². The van der Waals surface area contributed by atoms with Gasteiger partial charge in [-0.3, -0.25) is 0 Å². The number of nitrogens with zero attached hydrogens (tertiary/aromatic N) is 3. The molecule has 0 amide bonds. The summed E-state index contributed by atoms with van der Waals surface area (Å²) in [6.45, 7) is 3.75. The smallest absolute Gasteiger partial charge is 0.274 e. The first-order valence-electron chi connectivity index (χ1n) is 6.93. The molecule has 2 aromatic heterocycles. The van der Waals surface area contributed by atoms with Gasteiger partial charge in [-0.25, -0.2) is 0 Å². The molecule has 0 saturated carbocycles. The lowest BCUT2D eigenvalue weighted by molar-refractivity contribution is -0.118. The second-order valence-corrected chi connectivity index (χ2v) is 4.86. The number of H-pyrrole nitrogens is 1. The van der Waals surface area contributed by atoms with Gasteiger partial charge in [-0.1, -0.05) is 5.16 Å². The maximum Gasteiger partial charge on any atom is 0.274 e. The fourth-order valence-electron chi connectivity index (χ4n) is 2.51. The van der Waals surface area contributed by atoms with Gasteiger partial charge in [0.15, 0.2) is 0 Å². The van der Waals surface area contributed by atoms with Crippen molar-refractivity contribution < 1.29 is 14.0 Å². The molecule has 3 rings (SSSR count). The van der Waals surface area contributed by atoms with Crippen molar-refractivity contribution in [2.75, 3.05) is 19.8 Å². The van der Waals surface area contributed by atoms with Crippen LogP contribution in [0.2, 0.25) is 0 Å². The number of nitrogens with one attached hydrogen (secondary N) is 1. The van der Waals surface area contributed by atoms with E-state index in [9.17, 15) is 0 Å². The van der Waals surface area contributed by atoms with Crippen LogP contribution in [0.3, 0.4) is 0 Å². The van der Waals surface area contributed by atoms with E-state index < -0.39 is 5.60 Å². The highest BCUT2D eigenvalue weighted by Crippen LogP contribution is 2.35. The molecule has 0 spiro atoms. The predicted molar refractivity (Wildman–Crippen MR) is 72.2 cm³/mol. The molecule has 1 fully saturated rings. The summed E-state index contributed by atoms with van der Waals surface area (Å²) in [6, 6.07) is 5.44. The minimum Gasteiger partial charge on any atom is -0.381 e. The first kappa shape index (κ1) is 13.8. The summed E-state index contributed by atoms with van der Waals surface area (Å²) in [5, 5.41) is 12.9. The van der Waals surface area contributed by atoms with Crippen LogP contribution in [0.15, 0.2) is 16.7 Å². The normalized spacial score (nSPS) is 17.5. The zero-order valence-corrected chi connectivity index (χ0v) is 11.8. The highest BCUT2D eigenvalue weighted by atomic mass is 16.5. The Hall–Kier alpha value is -2.17. The third-order valence-corrected chi connectivity index (χ3v) is 3.59. The first-order valence-corrected chi connectivity index (χ1v) is 6.93. The number of nitriles is 1. The Bertz CT molecular complexity index is 644. The van der Waals surface area contributed by atoms with Crippen LogP contribution in [0.4, 0.5) is 0 Å². The Kier molecular flexibility index (Phi) is 3.73. The third kappa shape index (κ3) is 2.55. The Labute approximate surface area is 121 Å². The van der Waals surface area contributed by atoms with E-state index >= 15 is 0 Å². The van der Waals surface area contributed by atoms with Crippen LogP contribution in [0.1, 0.15) is 31.3 Å². The van der Waals surface area contributed by atoms with Crippen molar-refractivity contribution in [2.24, 2.45) is 0 Å². The van der Waals surface area contributed by atoms with Gasteiger partial charge in [-0.15, -0.1) is 0 Å². The van der Waals surface area contributed by atoms with Crippen molar-refractivity contribution >= 4 is 0 Å². The molecule has 110 valence electrons. The Balaban J connectivity index is 1.90. The Morgan fingerprint density at radius 1 is 1.43 bits per heavy atom. The lowest BCUT2D eigenvalue weighted by Crippen LogP contribution is -2.37. The molecule has 1 aliphatic rings. The minimum atomic E-state index is -0.542. The van der Waals surface area contributed by atoms with Crippen LogP contribution in [0, 0.1) is 11.3 Å². The molecule has 1 N–H and O–H groups in total. The van der Waals surface area contributed by atoms with Crippen molar-refractivity contribution in [2.45, 2.75) is 25.4 Å². The van der Waals surface area contributed by atoms with Crippen molar-refractivity contribution in [3.63, 3.8) is 0 Å². The second kappa shape index (κ2) is 5.68. The second-order valence-electron chi connectivity index (χ2n) is 4.86. The van der Waals surface area contributed by atoms with Crippen LogP contribution < -0.4 is 0 Å². The van der Waals surface area contributed by atoms with Gasteiger partial charge in [-0.05, 0) is 19.1 Å². The summed E-state index contributed by atoms with van der Waals surface area (Å²) < 4.78 is 16.6. The Morgan fingerprint density at radius 3 is 2.90 bits per heavy atom. The molecule has 1 saturated heterocycles. The largest absolute Gasteiger partial charge is 0.381 e. The van der Waals surface area contributed by atoms with Crippen LogP contribution in [-0.2, 0) is 15.1 Å². The average molecular weight is 288 g/mol. The van der Waals surface area contributed by atoms with E-state index in [1.54, 1.807) is 12.1 Å². The van der Waals surface area contributed by atoms with Gasteiger partial charge in [0.05, 0.1) is 0 Å². The number of ether oxygens (including phenoxy) is 2. The van der Waals surface area contributed by atoms with Crippen LogP contribution in [-0.4, -0.2) is 34.9 Å². The van der Waals surface area contributed by atoms with Gasteiger partial charge < -0.3 is 19.0 Å². The summed E-state index contributed by atoms with van der Waals surface area (Å²) in [6.07, 6.45) is 1.40. The maximum absolute atomic E-state index is 8.84. The van der Waals surface area contributed by atoms with Gasteiger partial charge in [0, 0.05) is 32.7 Å². The zero-order chi connectivity index (χ0) is 14.7. The summed E-state index contributed by atoms with van der Waals surface area (Å²) in [4.78, 5) is 7.36. The number of aromatic nitrogens is 3. The topological polar surface area (TPSA) is 97.0 Å². The van der Waals surface area contributed by atoms with Gasteiger partial charge in [0.1, 0.15) is 23.1 Å². The molecule has 3 heterocycles. The van der Waals surface area contributed by atoms with Crippen LogP contribution in [0.5, 0.6) is 0 Å². The molecule has 1 aliphatic heterocycles. The molecule has 2 aromatic rings. The monoisotopic (exact) mass is 288 g/mol. The van der Waals surface area contributed by atoms with E-state index in [4.69, 9.17) is 19.3 Å². The lowest BCUT2D eigenvalue weighted by atomic mass is 9.93. The summed E-state index contributed by atoms with van der Waals surface area (Å²) in [7, 11) is 0. The fourth-order valence-corrected chi connectivity index (χ4v) is 2.51. The van der Waals surface area contributed by atoms with Gasteiger partial charge in [0.25, 0.3) is 5.89 Å². The predicted octanol–water partition coefficient (Wildman–Crippen LogP) is 1.98. The van der Waals surface area contributed by atoms with E-state index in [0.717, 1.165) is 0 Å². The molecule has 7 nitrogen and oxygen atoms in total. The number of rotatable bonds is 4. The van der Waals surface area contributed by atoms with Gasteiger partial charge in [0.2, 0.25) is 5.82 Å². The van der Waals surface area contributed by atoms with E-state index in [1.165, 1.54) is 0 Å². The number of aromatic amines is 1. The van der Waals surface area contributed by atoms with E-state index in [1.807, 2.05) is 13.0 Å². The molecule has 7 heteroatoms.